The fraction of sp³-hybridized carbons (Fsp3) is 0.875. The topological polar surface area (TPSA) is 104 Å². The van der Waals surface area contributed by atoms with Crippen LogP contribution in [0.15, 0.2) is 0 Å². The summed E-state index contributed by atoms with van der Waals surface area (Å²) >= 11 is 0. The standard InChI is InChI=1S/C8H16N6O2S/c1-7-4-2-3-5-14(7)17(15,16)9-6-8-10-12-13-11-8/h7,9H,2-6H2,1H3,(H,10,11,12,13). The Morgan fingerprint density at radius 2 is 2.35 bits per heavy atom. The molecule has 8 nitrogen and oxygen atoms in total. The van der Waals surface area contributed by atoms with Crippen molar-refractivity contribution in [2.24, 2.45) is 0 Å². The molecule has 0 radical (unpaired) electrons. The summed E-state index contributed by atoms with van der Waals surface area (Å²) in [4.78, 5) is 0. The largest absolute Gasteiger partial charge is 0.280 e. The van der Waals surface area contributed by atoms with Gasteiger partial charge in [-0.3, -0.25) is 0 Å². The third-order valence-electron chi connectivity index (χ3n) is 2.85. The number of H-pyrrole nitrogens is 1. The van der Waals surface area contributed by atoms with Crippen LogP contribution >= 0.6 is 0 Å². The zero-order valence-electron chi connectivity index (χ0n) is 9.63. The van der Waals surface area contributed by atoms with E-state index < -0.39 is 10.2 Å². The Labute approximate surface area is 100.0 Å². The minimum absolute atomic E-state index is 0.0477. The highest BCUT2D eigenvalue weighted by Crippen LogP contribution is 2.18. The molecule has 0 aliphatic carbocycles. The summed E-state index contributed by atoms with van der Waals surface area (Å²) in [5.41, 5.74) is 0. The van der Waals surface area contributed by atoms with Crippen molar-refractivity contribution < 1.29 is 8.42 Å². The number of hydrogen-bond donors (Lipinski definition) is 2. The third-order valence-corrected chi connectivity index (χ3v) is 4.52. The molecule has 0 bridgehead atoms. The lowest BCUT2D eigenvalue weighted by atomic mass is 10.1. The molecule has 17 heavy (non-hydrogen) atoms. The van der Waals surface area contributed by atoms with Gasteiger partial charge in [-0.1, -0.05) is 11.6 Å². The van der Waals surface area contributed by atoms with Gasteiger partial charge in [-0.2, -0.15) is 22.7 Å². The molecule has 2 rings (SSSR count). The summed E-state index contributed by atoms with van der Waals surface area (Å²) in [6.45, 7) is 2.55. The lowest BCUT2D eigenvalue weighted by Gasteiger charge is -2.31. The number of tetrazole rings is 1. The molecule has 0 spiro atoms. The second kappa shape index (κ2) is 5.07. The van der Waals surface area contributed by atoms with E-state index in [4.69, 9.17) is 0 Å². The Bertz CT molecular complexity index is 445. The van der Waals surface area contributed by atoms with E-state index in [0.29, 0.717) is 12.4 Å². The Hall–Kier alpha value is -1.06. The first-order chi connectivity index (χ1) is 8.09. The predicted molar refractivity (Wildman–Crippen MR) is 60.0 cm³/mol. The van der Waals surface area contributed by atoms with E-state index in [1.54, 1.807) is 0 Å². The molecule has 1 aliphatic heterocycles. The third kappa shape index (κ3) is 2.99. The molecular formula is C8H16N6O2S. The quantitative estimate of drug-likeness (QED) is 0.753. The van der Waals surface area contributed by atoms with Gasteiger partial charge in [-0.05, 0) is 19.8 Å². The van der Waals surface area contributed by atoms with E-state index in [0.717, 1.165) is 19.3 Å². The molecule has 0 aromatic carbocycles. The smallest absolute Gasteiger partial charge is 0.195 e. The molecule has 1 atom stereocenters. The van der Waals surface area contributed by atoms with Crippen LogP contribution in [0.1, 0.15) is 32.0 Å². The fourth-order valence-electron chi connectivity index (χ4n) is 1.92. The van der Waals surface area contributed by atoms with E-state index >= 15 is 0 Å². The normalized spacial score (nSPS) is 22.8. The number of aromatic nitrogens is 4. The lowest BCUT2D eigenvalue weighted by molar-refractivity contribution is 0.265. The highest BCUT2D eigenvalue weighted by molar-refractivity contribution is 7.87. The van der Waals surface area contributed by atoms with Crippen LogP contribution in [0.4, 0.5) is 0 Å². The van der Waals surface area contributed by atoms with Gasteiger partial charge >= 0.3 is 0 Å². The van der Waals surface area contributed by atoms with Gasteiger partial charge in [0.1, 0.15) is 0 Å². The van der Waals surface area contributed by atoms with Crippen LogP contribution in [0.5, 0.6) is 0 Å². The predicted octanol–water partition coefficient (Wildman–Crippen LogP) is -0.591. The van der Waals surface area contributed by atoms with Crippen LogP contribution in [0.25, 0.3) is 0 Å². The number of piperidine rings is 1. The van der Waals surface area contributed by atoms with Crippen molar-refractivity contribution in [3.05, 3.63) is 5.82 Å². The zero-order chi connectivity index (χ0) is 12.3. The Kier molecular flexibility index (Phi) is 3.69. The van der Waals surface area contributed by atoms with Crippen LogP contribution in [-0.4, -0.2) is 45.9 Å². The summed E-state index contributed by atoms with van der Waals surface area (Å²) in [6, 6.07) is 0.0477. The van der Waals surface area contributed by atoms with E-state index in [1.165, 1.54) is 4.31 Å². The van der Waals surface area contributed by atoms with Crippen molar-refractivity contribution in [1.29, 1.82) is 0 Å². The highest BCUT2D eigenvalue weighted by Gasteiger charge is 2.29. The van der Waals surface area contributed by atoms with Crippen molar-refractivity contribution in [1.82, 2.24) is 29.7 Å². The van der Waals surface area contributed by atoms with Crippen molar-refractivity contribution in [3.8, 4) is 0 Å². The molecule has 2 N–H and O–H groups in total. The second-order valence-electron chi connectivity index (χ2n) is 4.11. The highest BCUT2D eigenvalue weighted by atomic mass is 32.2. The number of rotatable bonds is 4. The van der Waals surface area contributed by atoms with Gasteiger partial charge in [-0.25, -0.2) is 0 Å². The molecule has 1 aromatic heterocycles. The molecule has 0 amide bonds. The molecule has 1 fully saturated rings. The minimum atomic E-state index is -3.45. The van der Waals surface area contributed by atoms with Crippen molar-refractivity contribution in [2.45, 2.75) is 38.8 Å². The zero-order valence-corrected chi connectivity index (χ0v) is 10.4. The minimum Gasteiger partial charge on any atom is -0.195 e. The Morgan fingerprint density at radius 1 is 1.53 bits per heavy atom. The molecule has 0 saturated carbocycles. The van der Waals surface area contributed by atoms with Crippen LogP contribution < -0.4 is 4.72 Å². The first-order valence-electron chi connectivity index (χ1n) is 5.58. The summed E-state index contributed by atoms with van der Waals surface area (Å²) < 4.78 is 28.0. The first kappa shape index (κ1) is 12.4. The number of nitrogens with one attached hydrogen (secondary N) is 2. The first-order valence-corrected chi connectivity index (χ1v) is 7.02. The number of aromatic amines is 1. The van der Waals surface area contributed by atoms with E-state index in [2.05, 4.69) is 25.3 Å². The van der Waals surface area contributed by atoms with Gasteiger partial charge in [0.15, 0.2) is 5.82 Å². The maximum atomic E-state index is 12.0. The van der Waals surface area contributed by atoms with Gasteiger partial charge < -0.3 is 0 Å². The van der Waals surface area contributed by atoms with Gasteiger partial charge in [0.2, 0.25) is 0 Å². The SMILES string of the molecule is CC1CCCCN1S(=O)(=O)NCc1nn[nH]n1. The fourth-order valence-corrected chi connectivity index (χ4v) is 3.35. The Morgan fingerprint density at radius 3 is 3.00 bits per heavy atom. The molecular weight excluding hydrogens is 244 g/mol. The van der Waals surface area contributed by atoms with Gasteiger partial charge in [-0.15, -0.1) is 10.2 Å². The second-order valence-corrected chi connectivity index (χ2v) is 5.82. The van der Waals surface area contributed by atoms with Crippen LogP contribution in [0.2, 0.25) is 0 Å². The van der Waals surface area contributed by atoms with E-state index in [9.17, 15) is 8.42 Å². The Balaban J connectivity index is 1.98. The molecule has 2 heterocycles. The average Bonchev–Trinajstić information content (AvgIpc) is 2.80. The molecule has 1 aliphatic rings. The monoisotopic (exact) mass is 260 g/mol. The summed E-state index contributed by atoms with van der Waals surface area (Å²) in [6.07, 6.45) is 2.90. The molecule has 1 unspecified atom stereocenters. The van der Waals surface area contributed by atoms with Crippen molar-refractivity contribution in [3.63, 3.8) is 0 Å². The number of nitrogens with zero attached hydrogens (tertiary/aromatic N) is 4. The van der Waals surface area contributed by atoms with E-state index in [1.807, 2.05) is 6.92 Å². The molecule has 9 heteroatoms. The van der Waals surface area contributed by atoms with Gasteiger partial charge in [0, 0.05) is 12.6 Å². The van der Waals surface area contributed by atoms with Gasteiger partial charge in [0.05, 0.1) is 6.54 Å². The van der Waals surface area contributed by atoms with Crippen LogP contribution in [-0.2, 0) is 16.8 Å². The molecule has 1 aromatic rings. The van der Waals surface area contributed by atoms with Crippen LogP contribution in [0, 0.1) is 0 Å². The maximum absolute atomic E-state index is 12.0. The maximum Gasteiger partial charge on any atom is 0.280 e. The number of hydrogen-bond acceptors (Lipinski definition) is 5. The molecule has 96 valence electrons. The van der Waals surface area contributed by atoms with Crippen molar-refractivity contribution in [2.75, 3.05) is 6.54 Å². The summed E-state index contributed by atoms with van der Waals surface area (Å²) in [5.74, 6) is 0.332. The lowest BCUT2D eigenvalue weighted by Crippen LogP contribution is -2.47. The van der Waals surface area contributed by atoms with Crippen LogP contribution in [0.3, 0.4) is 0 Å². The van der Waals surface area contributed by atoms with Crippen molar-refractivity contribution >= 4 is 10.2 Å². The van der Waals surface area contributed by atoms with E-state index in [-0.39, 0.29) is 12.6 Å². The molecule has 1 saturated heterocycles. The average molecular weight is 260 g/mol. The summed E-state index contributed by atoms with van der Waals surface area (Å²) in [7, 11) is -3.45. The summed E-state index contributed by atoms with van der Waals surface area (Å²) in [5, 5.41) is 13.0. The van der Waals surface area contributed by atoms with Gasteiger partial charge in [0.25, 0.3) is 10.2 Å².